The van der Waals surface area contributed by atoms with E-state index < -0.39 is 0 Å². The second-order valence-corrected chi connectivity index (χ2v) is 7.62. The van der Waals surface area contributed by atoms with E-state index in [1.54, 1.807) is 11.3 Å². The molecule has 0 saturated carbocycles. The van der Waals surface area contributed by atoms with Crippen LogP contribution in [-0.2, 0) is 0 Å². The number of rotatable bonds is 13. The number of hydrogen-bond acceptors (Lipinski definition) is 3. The number of nitrogens with one attached hydrogen (secondary N) is 1. The summed E-state index contributed by atoms with van der Waals surface area (Å²) in [4.78, 5) is 1.33. The first-order valence-corrected chi connectivity index (χ1v) is 10.2. The second kappa shape index (κ2) is 12.6. The quantitative estimate of drug-likeness (QED) is 0.240. The fraction of sp³-hybridized carbons (Fsp3) is 0.765. The lowest BCUT2D eigenvalue weighted by Gasteiger charge is -2.14. The van der Waals surface area contributed by atoms with E-state index in [4.69, 9.17) is 5.84 Å². The summed E-state index contributed by atoms with van der Waals surface area (Å²) < 4.78 is 1.18. The van der Waals surface area contributed by atoms with Crippen LogP contribution in [-0.4, -0.2) is 0 Å². The van der Waals surface area contributed by atoms with Gasteiger partial charge in [-0.3, -0.25) is 11.3 Å². The van der Waals surface area contributed by atoms with Crippen LogP contribution >= 0.6 is 27.3 Å². The number of halogens is 1. The molecule has 0 aliphatic heterocycles. The summed E-state index contributed by atoms with van der Waals surface area (Å²) in [7, 11) is 0. The van der Waals surface area contributed by atoms with Gasteiger partial charge in [-0.25, -0.2) is 0 Å². The molecule has 2 nitrogen and oxygen atoms in total. The largest absolute Gasteiger partial charge is 0.271 e. The van der Waals surface area contributed by atoms with Crippen LogP contribution in [0.1, 0.15) is 88.5 Å². The van der Waals surface area contributed by atoms with Crippen molar-refractivity contribution >= 4 is 27.3 Å². The second-order valence-electron chi connectivity index (χ2n) is 5.82. The smallest absolute Gasteiger partial charge is 0.0564 e. The maximum absolute atomic E-state index is 5.69. The number of hydrogen-bond donors (Lipinski definition) is 2. The molecular formula is C17H31BrN2S. The first-order chi connectivity index (χ1) is 10.3. The minimum absolute atomic E-state index is 0.299. The topological polar surface area (TPSA) is 38.0 Å². The Labute approximate surface area is 143 Å². The highest BCUT2D eigenvalue weighted by molar-refractivity contribution is 9.10. The van der Waals surface area contributed by atoms with Gasteiger partial charge < -0.3 is 0 Å². The predicted molar refractivity (Wildman–Crippen MR) is 98.5 cm³/mol. The third kappa shape index (κ3) is 8.34. The molecule has 0 aliphatic carbocycles. The van der Waals surface area contributed by atoms with Gasteiger partial charge in [-0.1, -0.05) is 71.1 Å². The van der Waals surface area contributed by atoms with Gasteiger partial charge in [-0.2, -0.15) is 0 Å². The molecule has 4 heteroatoms. The summed E-state index contributed by atoms with van der Waals surface area (Å²) in [6.07, 6.45) is 14.9. The molecule has 1 atom stereocenters. The van der Waals surface area contributed by atoms with E-state index >= 15 is 0 Å². The van der Waals surface area contributed by atoms with Crippen molar-refractivity contribution in [1.82, 2.24) is 5.43 Å². The minimum atomic E-state index is 0.299. The van der Waals surface area contributed by atoms with Gasteiger partial charge in [0, 0.05) is 9.35 Å². The Morgan fingerprint density at radius 3 is 2.10 bits per heavy atom. The lowest BCUT2D eigenvalue weighted by atomic mass is 10.0. The zero-order valence-electron chi connectivity index (χ0n) is 13.4. The maximum atomic E-state index is 5.69. The third-order valence-electron chi connectivity index (χ3n) is 4.01. The van der Waals surface area contributed by atoms with Gasteiger partial charge in [0.15, 0.2) is 0 Å². The monoisotopic (exact) mass is 374 g/mol. The molecule has 1 rings (SSSR count). The Bertz CT molecular complexity index is 354. The highest BCUT2D eigenvalue weighted by atomic mass is 79.9. The Kier molecular flexibility index (Phi) is 11.5. The van der Waals surface area contributed by atoms with E-state index in [0.717, 1.165) is 6.42 Å². The molecule has 1 aromatic rings. The van der Waals surface area contributed by atoms with E-state index in [-0.39, 0.29) is 0 Å². The van der Waals surface area contributed by atoms with E-state index in [9.17, 15) is 0 Å². The summed E-state index contributed by atoms with van der Waals surface area (Å²) >= 11 is 5.37. The number of unbranched alkanes of at least 4 members (excludes halogenated alkanes) is 9. The lowest BCUT2D eigenvalue weighted by Crippen LogP contribution is -2.27. The van der Waals surface area contributed by atoms with Crippen LogP contribution in [0.25, 0.3) is 0 Å². The van der Waals surface area contributed by atoms with Crippen LogP contribution in [0.2, 0.25) is 0 Å². The summed E-state index contributed by atoms with van der Waals surface area (Å²) in [5.41, 5.74) is 2.96. The van der Waals surface area contributed by atoms with Gasteiger partial charge in [0.2, 0.25) is 0 Å². The van der Waals surface area contributed by atoms with E-state index in [1.807, 2.05) is 0 Å². The van der Waals surface area contributed by atoms with Crippen LogP contribution in [0.5, 0.6) is 0 Å². The average molecular weight is 375 g/mol. The molecule has 122 valence electrons. The summed E-state index contributed by atoms with van der Waals surface area (Å²) in [5, 5.41) is 2.11. The summed E-state index contributed by atoms with van der Waals surface area (Å²) in [6, 6.07) is 2.40. The average Bonchev–Trinajstić information content (AvgIpc) is 2.91. The number of nitrogens with two attached hydrogens (primary N) is 1. The molecule has 0 amide bonds. The van der Waals surface area contributed by atoms with Crippen LogP contribution in [0.4, 0.5) is 0 Å². The zero-order valence-corrected chi connectivity index (χ0v) is 15.8. The zero-order chi connectivity index (χ0) is 15.3. The Hall–Kier alpha value is 0.100. The maximum Gasteiger partial charge on any atom is 0.0564 e. The van der Waals surface area contributed by atoms with E-state index in [0.29, 0.717) is 6.04 Å². The van der Waals surface area contributed by atoms with Crippen LogP contribution < -0.4 is 11.3 Å². The molecule has 3 N–H and O–H groups in total. The van der Waals surface area contributed by atoms with Crippen LogP contribution in [0.15, 0.2) is 15.9 Å². The highest BCUT2D eigenvalue weighted by Crippen LogP contribution is 2.31. The lowest BCUT2D eigenvalue weighted by molar-refractivity contribution is 0.478. The van der Waals surface area contributed by atoms with Crippen LogP contribution in [0, 0.1) is 0 Å². The molecule has 0 spiro atoms. The van der Waals surface area contributed by atoms with Crippen molar-refractivity contribution in [3.8, 4) is 0 Å². The van der Waals surface area contributed by atoms with Gasteiger partial charge in [0.05, 0.1) is 6.04 Å². The van der Waals surface area contributed by atoms with Crippen molar-refractivity contribution < 1.29 is 0 Å². The fourth-order valence-corrected chi connectivity index (χ4v) is 4.43. The van der Waals surface area contributed by atoms with Gasteiger partial charge in [-0.15, -0.1) is 11.3 Å². The third-order valence-corrected chi connectivity index (χ3v) is 5.99. The molecular weight excluding hydrogens is 344 g/mol. The summed E-state index contributed by atoms with van der Waals surface area (Å²) in [6.45, 7) is 2.28. The molecule has 1 unspecified atom stereocenters. The summed E-state index contributed by atoms with van der Waals surface area (Å²) in [5.74, 6) is 5.69. The minimum Gasteiger partial charge on any atom is -0.271 e. The molecule has 21 heavy (non-hydrogen) atoms. The molecule has 0 bridgehead atoms. The molecule has 0 radical (unpaired) electrons. The Morgan fingerprint density at radius 2 is 1.62 bits per heavy atom. The van der Waals surface area contributed by atoms with Gasteiger partial charge in [0.1, 0.15) is 0 Å². The SMILES string of the molecule is CCCCCCCCCCCCC(NN)c1sccc1Br. The first kappa shape index (κ1) is 19.1. The van der Waals surface area contributed by atoms with Crippen molar-refractivity contribution in [2.24, 2.45) is 5.84 Å². The normalized spacial score (nSPS) is 12.7. The Balaban J connectivity index is 1.99. The molecule has 0 aromatic carbocycles. The van der Waals surface area contributed by atoms with E-state index in [2.05, 4.69) is 39.7 Å². The molecule has 1 heterocycles. The number of hydrazine groups is 1. The Morgan fingerprint density at radius 1 is 1.05 bits per heavy atom. The van der Waals surface area contributed by atoms with Gasteiger partial charge >= 0.3 is 0 Å². The number of thiophene rings is 1. The van der Waals surface area contributed by atoms with Crippen molar-refractivity contribution in [3.05, 3.63) is 20.8 Å². The molecule has 1 aromatic heterocycles. The fourth-order valence-electron chi connectivity index (χ4n) is 2.68. The van der Waals surface area contributed by atoms with E-state index in [1.165, 1.54) is 73.6 Å². The van der Waals surface area contributed by atoms with Crippen molar-refractivity contribution in [1.29, 1.82) is 0 Å². The standard InChI is InChI=1S/C17H31BrN2S/c1-2-3-4-5-6-7-8-9-10-11-12-16(20-19)17-15(18)13-14-21-17/h13-14,16,20H,2-12,19H2,1H3. The van der Waals surface area contributed by atoms with Crippen LogP contribution in [0.3, 0.4) is 0 Å². The highest BCUT2D eigenvalue weighted by Gasteiger charge is 2.13. The van der Waals surface area contributed by atoms with Gasteiger partial charge in [0.25, 0.3) is 0 Å². The molecule has 0 saturated heterocycles. The molecule has 0 fully saturated rings. The van der Waals surface area contributed by atoms with Crippen molar-refractivity contribution in [2.45, 2.75) is 83.6 Å². The van der Waals surface area contributed by atoms with Gasteiger partial charge in [-0.05, 0) is 33.8 Å². The predicted octanol–water partition coefficient (Wildman–Crippen LogP) is 6.33. The first-order valence-electron chi connectivity index (χ1n) is 8.48. The van der Waals surface area contributed by atoms with Crippen molar-refractivity contribution in [2.75, 3.05) is 0 Å². The van der Waals surface area contributed by atoms with Crippen molar-refractivity contribution in [3.63, 3.8) is 0 Å². The molecule has 0 aliphatic rings.